The average Bonchev–Trinajstić information content (AvgIpc) is 3.32. The van der Waals surface area contributed by atoms with Gasteiger partial charge in [0.25, 0.3) is 0 Å². The Morgan fingerprint density at radius 1 is 1.11 bits per heavy atom. The van der Waals surface area contributed by atoms with E-state index in [2.05, 4.69) is 35.5 Å². The first-order valence-electron chi connectivity index (χ1n) is 12.3. The van der Waals surface area contributed by atoms with E-state index in [0.29, 0.717) is 17.9 Å². The number of rotatable bonds is 6. The number of nitrogens with zero attached hydrogens (tertiary/aromatic N) is 5. The summed E-state index contributed by atoms with van der Waals surface area (Å²) in [5.74, 6) is 1.24. The SMILES string of the molecule is CS(=O)Nc1nc(NC(=O)NC2CCC(Oc3ccc4nncn4c3)c3ccccc32)cc(C(C)(C)C)n1. The lowest BCUT2D eigenvalue weighted by atomic mass is 9.85. The van der Waals surface area contributed by atoms with Crippen LogP contribution in [-0.2, 0) is 16.4 Å². The molecule has 12 heteroatoms. The van der Waals surface area contributed by atoms with Crippen LogP contribution in [0, 0.1) is 0 Å². The van der Waals surface area contributed by atoms with Gasteiger partial charge in [0.05, 0.1) is 17.9 Å². The molecule has 1 aromatic carbocycles. The van der Waals surface area contributed by atoms with Gasteiger partial charge >= 0.3 is 6.03 Å². The van der Waals surface area contributed by atoms with Gasteiger partial charge in [-0.25, -0.2) is 14.0 Å². The smallest absolute Gasteiger partial charge is 0.320 e. The Bertz CT molecular complexity index is 1500. The van der Waals surface area contributed by atoms with E-state index in [9.17, 15) is 9.00 Å². The second-order valence-electron chi connectivity index (χ2n) is 10.2. The molecule has 0 fully saturated rings. The van der Waals surface area contributed by atoms with E-state index in [-0.39, 0.29) is 29.5 Å². The number of pyridine rings is 1. The molecule has 3 atom stereocenters. The van der Waals surface area contributed by atoms with E-state index in [1.807, 2.05) is 67.8 Å². The van der Waals surface area contributed by atoms with E-state index in [0.717, 1.165) is 28.9 Å². The Balaban J connectivity index is 1.31. The van der Waals surface area contributed by atoms with E-state index in [4.69, 9.17) is 4.74 Å². The fourth-order valence-electron chi connectivity index (χ4n) is 4.44. The third-order valence-corrected chi connectivity index (χ3v) is 6.72. The fourth-order valence-corrected chi connectivity index (χ4v) is 4.79. The average molecular weight is 535 g/mol. The molecule has 38 heavy (non-hydrogen) atoms. The van der Waals surface area contributed by atoms with E-state index in [1.165, 1.54) is 6.26 Å². The monoisotopic (exact) mass is 534 g/mol. The van der Waals surface area contributed by atoms with Crippen molar-refractivity contribution in [3.63, 3.8) is 0 Å². The number of amides is 2. The van der Waals surface area contributed by atoms with Crippen molar-refractivity contribution < 1.29 is 13.7 Å². The van der Waals surface area contributed by atoms with Crippen molar-refractivity contribution >= 4 is 34.4 Å². The van der Waals surface area contributed by atoms with Crippen LogP contribution in [0.4, 0.5) is 16.6 Å². The van der Waals surface area contributed by atoms with Crippen molar-refractivity contribution in [1.82, 2.24) is 29.9 Å². The number of fused-ring (bicyclic) bond motifs is 2. The van der Waals surface area contributed by atoms with Crippen LogP contribution in [0.25, 0.3) is 5.65 Å². The molecule has 0 saturated carbocycles. The molecule has 1 aliphatic carbocycles. The summed E-state index contributed by atoms with van der Waals surface area (Å²) in [5, 5.41) is 13.8. The van der Waals surface area contributed by atoms with Crippen LogP contribution in [0.3, 0.4) is 0 Å². The normalized spacial score (nSPS) is 17.9. The first-order chi connectivity index (χ1) is 18.2. The van der Waals surface area contributed by atoms with Crippen molar-refractivity contribution in [1.29, 1.82) is 0 Å². The Kier molecular flexibility index (Phi) is 6.98. The lowest BCUT2D eigenvalue weighted by Gasteiger charge is -2.32. The molecule has 1 aliphatic rings. The zero-order valence-electron chi connectivity index (χ0n) is 21.6. The number of anilines is 2. The summed E-state index contributed by atoms with van der Waals surface area (Å²) in [6.45, 7) is 6.02. The molecule has 0 radical (unpaired) electrons. The van der Waals surface area contributed by atoms with E-state index >= 15 is 0 Å². The maximum Gasteiger partial charge on any atom is 0.320 e. The highest BCUT2D eigenvalue weighted by Crippen LogP contribution is 2.38. The highest BCUT2D eigenvalue weighted by atomic mass is 32.2. The number of hydrogen-bond donors (Lipinski definition) is 3. The zero-order chi connectivity index (χ0) is 26.9. The molecule has 0 spiro atoms. The summed E-state index contributed by atoms with van der Waals surface area (Å²) in [7, 11) is -1.35. The number of carbonyl (C=O) groups is 1. The molecule has 0 aliphatic heterocycles. The first-order valence-corrected chi connectivity index (χ1v) is 13.8. The van der Waals surface area contributed by atoms with Crippen molar-refractivity contribution in [2.75, 3.05) is 16.3 Å². The number of hydrogen-bond acceptors (Lipinski definition) is 7. The molecule has 4 aromatic rings. The molecular weight excluding hydrogens is 504 g/mol. The van der Waals surface area contributed by atoms with Crippen LogP contribution in [0.1, 0.15) is 62.6 Å². The van der Waals surface area contributed by atoms with Gasteiger partial charge < -0.3 is 10.1 Å². The minimum absolute atomic E-state index is 0.152. The molecule has 2 amide bonds. The molecule has 3 unspecified atom stereocenters. The largest absolute Gasteiger partial charge is 0.484 e. The molecule has 3 N–H and O–H groups in total. The van der Waals surface area contributed by atoms with Crippen LogP contribution in [-0.4, -0.2) is 41.1 Å². The summed E-state index contributed by atoms with van der Waals surface area (Å²) >= 11 is 0. The molecule has 0 saturated heterocycles. The van der Waals surface area contributed by atoms with Crippen LogP contribution < -0.4 is 20.1 Å². The maximum atomic E-state index is 13.0. The van der Waals surface area contributed by atoms with Gasteiger partial charge in [0.2, 0.25) is 5.95 Å². The third-order valence-electron chi connectivity index (χ3n) is 6.25. The molecule has 11 nitrogen and oxygen atoms in total. The number of aromatic nitrogens is 5. The maximum absolute atomic E-state index is 13.0. The van der Waals surface area contributed by atoms with Crippen LogP contribution in [0.5, 0.6) is 5.75 Å². The predicted molar refractivity (Wildman–Crippen MR) is 145 cm³/mol. The van der Waals surface area contributed by atoms with E-state index in [1.54, 1.807) is 12.4 Å². The van der Waals surface area contributed by atoms with Crippen molar-refractivity contribution in [2.24, 2.45) is 0 Å². The lowest BCUT2D eigenvalue weighted by molar-refractivity contribution is 0.171. The second-order valence-corrected chi connectivity index (χ2v) is 11.3. The minimum Gasteiger partial charge on any atom is -0.484 e. The lowest BCUT2D eigenvalue weighted by Crippen LogP contribution is -2.36. The summed E-state index contributed by atoms with van der Waals surface area (Å²) < 4.78 is 22.6. The van der Waals surface area contributed by atoms with Crippen LogP contribution in [0.2, 0.25) is 0 Å². The van der Waals surface area contributed by atoms with E-state index < -0.39 is 11.0 Å². The zero-order valence-corrected chi connectivity index (χ0v) is 22.5. The second kappa shape index (κ2) is 10.4. The number of urea groups is 1. The van der Waals surface area contributed by atoms with Crippen molar-refractivity contribution in [2.45, 2.75) is 51.2 Å². The topological polar surface area (TPSA) is 135 Å². The Labute approximate surface area is 223 Å². The van der Waals surface area contributed by atoms with Gasteiger partial charge in [0.1, 0.15) is 35.0 Å². The number of benzene rings is 1. The Morgan fingerprint density at radius 3 is 2.66 bits per heavy atom. The summed E-state index contributed by atoms with van der Waals surface area (Å²) in [6, 6.07) is 12.9. The number of nitrogens with one attached hydrogen (secondary N) is 3. The standard InChI is InChI=1S/C26H30N8O3S/c1-26(2,3)21-13-22(30-24(29-21)33-38(4)36)31-25(35)28-19-10-11-20(18-8-6-5-7-17(18)19)37-16-9-12-23-32-27-15-34(23)14-16/h5-9,12-15,19-20H,10-11H2,1-4H3,(H3,28,29,30,31,33,35). The van der Waals surface area contributed by atoms with Gasteiger partial charge in [-0.05, 0) is 36.1 Å². The van der Waals surface area contributed by atoms with Gasteiger partial charge in [0.15, 0.2) is 5.65 Å². The first kappa shape index (κ1) is 25.6. The van der Waals surface area contributed by atoms with Gasteiger partial charge in [-0.2, -0.15) is 4.98 Å². The van der Waals surface area contributed by atoms with Gasteiger partial charge in [0, 0.05) is 17.7 Å². The van der Waals surface area contributed by atoms with Crippen molar-refractivity contribution in [3.8, 4) is 5.75 Å². The predicted octanol–water partition coefficient (Wildman–Crippen LogP) is 4.30. The molecule has 5 rings (SSSR count). The minimum atomic E-state index is -1.35. The van der Waals surface area contributed by atoms with Gasteiger partial charge in [-0.1, -0.05) is 45.0 Å². The van der Waals surface area contributed by atoms with Crippen molar-refractivity contribution in [3.05, 3.63) is 71.8 Å². The highest BCUT2D eigenvalue weighted by molar-refractivity contribution is 7.85. The number of carbonyl (C=O) groups excluding carboxylic acids is 1. The molecule has 0 bridgehead atoms. The molecule has 3 aromatic heterocycles. The fraction of sp³-hybridized carbons (Fsp3) is 0.346. The molecule has 3 heterocycles. The quantitative estimate of drug-likeness (QED) is 0.336. The van der Waals surface area contributed by atoms with Gasteiger partial charge in [-0.15, -0.1) is 10.2 Å². The Morgan fingerprint density at radius 2 is 1.89 bits per heavy atom. The summed E-state index contributed by atoms with van der Waals surface area (Å²) in [6.07, 6.45) is 6.26. The summed E-state index contributed by atoms with van der Waals surface area (Å²) in [5.41, 5.74) is 3.20. The molecular formula is C26H30N8O3S. The van der Waals surface area contributed by atoms with Gasteiger partial charge in [-0.3, -0.25) is 14.4 Å². The van der Waals surface area contributed by atoms with Crippen LogP contribution in [0.15, 0.2) is 55.0 Å². The third kappa shape index (κ3) is 5.75. The highest BCUT2D eigenvalue weighted by Gasteiger charge is 2.29. The Hall–Kier alpha value is -4.06. The summed E-state index contributed by atoms with van der Waals surface area (Å²) in [4.78, 5) is 21.8. The number of ether oxygens (including phenoxy) is 1. The molecule has 198 valence electrons. The van der Waals surface area contributed by atoms with Crippen LogP contribution >= 0.6 is 0 Å².